The highest BCUT2D eigenvalue weighted by atomic mass is 16.6. The Labute approximate surface area is 152 Å². The fourth-order valence-electron chi connectivity index (χ4n) is 3.82. The van der Waals surface area contributed by atoms with Gasteiger partial charge in [0.05, 0.1) is 0 Å². The van der Waals surface area contributed by atoms with Gasteiger partial charge in [-0.1, -0.05) is 30.3 Å². The minimum absolute atomic E-state index is 0.00390. The Hall–Kier alpha value is -2.89. The molecule has 0 radical (unpaired) electrons. The number of cyclic esters (lactones) is 1. The zero-order valence-electron chi connectivity index (χ0n) is 14.7. The van der Waals surface area contributed by atoms with Crippen molar-refractivity contribution in [2.24, 2.45) is 0 Å². The quantitative estimate of drug-likeness (QED) is 0.792. The first-order valence-corrected chi connectivity index (χ1v) is 8.78. The number of hydrogen-bond acceptors (Lipinski definition) is 5. The van der Waals surface area contributed by atoms with Crippen LogP contribution < -0.4 is 4.90 Å². The number of fused-ring (bicyclic) bond motifs is 1. The molecule has 0 aliphatic carbocycles. The van der Waals surface area contributed by atoms with Gasteiger partial charge >= 0.3 is 6.09 Å². The van der Waals surface area contributed by atoms with Gasteiger partial charge in [-0.25, -0.2) is 9.78 Å². The van der Waals surface area contributed by atoms with Gasteiger partial charge in [0.15, 0.2) is 5.78 Å². The Morgan fingerprint density at radius 2 is 2.00 bits per heavy atom. The van der Waals surface area contributed by atoms with E-state index in [2.05, 4.69) is 22.0 Å². The van der Waals surface area contributed by atoms with E-state index in [1.807, 2.05) is 29.2 Å². The Kier molecular flexibility index (Phi) is 4.11. The Bertz CT molecular complexity index is 822. The highest BCUT2D eigenvalue weighted by Gasteiger charge is 2.50. The van der Waals surface area contributed by atoms with Crippen LogP contribution in [0.3, 0.4) is 0 Å². The monoisotopic (exact) mass is 351 g/mol. The molecule has 1 atom stereocenters. The van der Waals surface area contributed by atoms with Gasteiger partial charge in [-0.3, -0.25) is 9.69 Å². The minimum Gasteiger partial charge on any atom is -0.447 e. The van der Waals surface area contributed by atoms with Crippen LogP contribution in [0.4, 0.5) is 10.6 Å². The van der Waals surface area contributed by atoms with E-state index in [0.29, 0.717) is 31.8 Å². The molecule has 2 aromatic rings. The fraction of sp³-hybridized carbons (Fsp3) is 0.350. The average molecular weight is 351 g/mol. The third kappa shape index (κ3) is 2.92. The van der Waals surface area contributed by atoms with Gasteiger partial charge in [-0.2, -0.15) is 0 Å². The van der Waals surface area contributed by atoms with Crippen LogP contribution in [0.1, 0.15) is 22.8 Å². The number of carbonyl (C=O) groups excluding carboxylic acids is 2. The number of anilines is 1. The van der Waals surface area contributed by atoms with Gasteiger partial charge in [-0.05, 0) is 24.6 Å². The minimum atomic E-state index is -0.391. The number of ketones is 1. The predicted octanol–water partition coefficient (Wildman–Crippen LogP) is 2.54. The molecule has 0 bridgehead atoms. The highest BCUT2D eigenvalue weighted by Crippen LogP contribution is 2.33. The summed E-state index contributed by atoms with van der Waals surface area (Å²) in [6.07, 6.45) is 2.12. The van der Waals surface area contributed by atoms with Crippen molar-refractivity contribution >= 4 is 17.7 Å². The van der Waals surface area contributed by atoms with Gasteiger partial charge in [0.1, 0.15) is 18.0 Å². The molecule has 1 aromatic heterocycles. The lowest BCUT2D eigenvalue weighted by Gasteiger charge is -2.45. The van der Waals surface area contributed by atoms with Crippen LogP contribution >= 0.6 is 0 Å². The van der Waals surface area contributed by atoms with Crippen LogP contribution in [0, 0.1) is 0 Å². The van der Waals surface area contributed by atoms with Crippen molar-refractivity contribution in [2.75, 3.05) is 31.1 Å². The fourth-order valence-corrected chi connectivity index (χ4v) is 3.82. The molecule has 1 aromatic carbocycles. The van der Waals surface area contributed by atoms with Crippen molar-refractivity contribution in [3.63, 3.8) is 0 Å². The van der Waals surface area contributed by atoms with E-state index >= 15 is 0 Å². The van der Waals surface area contributed by atoms with Crippen molar-refractivity contribution < 1.29 is 14.3 Å². The number of pyridine rings is 1. The van der Waals surface area contributed by atoms with Gasteiger partial charge < -0.3 is 9.64 Å². The molecule has 0 N–H and O–H groups in total. The summed E-state index contributed by atoms with van der Waals surface area (Å²) in [7, 11) is 0. The summed E-state index contributed by atoms with van der Waals surface area (Å²) in [5, 5.41) is 0. The molecule has 0 saturated carbocycles. The molecule has 1 unspecified atom stereocenters. The largest absolute Gasteiger partial charge is 0.447 e. The van der Waals surface area contributed by atoms with Crippen molar-refractivity contribution in [1.82, 2.24) is 9.88 Å². The number of ether oxygens (including phenoxy) is 1. The topological polar surface area (TPSA) is 62.7 Å². The SMILES string of the molecule is CC(=O)c1ccc(N2CCN3C(=O)OCC3(Cc3ccccc3)C2)nc1. The smallest absolute Gasteiger partial charge is 0.410 e. The van der Waals surface area contributed by atoms with Crippen LogP contribution in [-0.4, -0.2) is 53.5 Å². The lowest BCUT2D eigenvalue weighted by atomic mass is 9.88. The van der Waals surface area contributed by atoms with Gasteiger partial charge in [0, 0.05) is 37.8 Å². The zero-order valence-corrected chi connectivity index (χ0v) is 14.7. The number of aromatic nitrogens is 1. The van der Waals surface area contributed by atoms with Crippen LogP contribution in [0.2, 0.25) is 0 Å². The number of nitrogens with zero attached hydrogens (tertiary/aromatic N) is 3. The maximum absolute atomic E-state index is 12.2. The summed E-state index contributed by atoms with van der Waals surface area (Å²) in [6, 6.07) is 13.8. The molecular formula is C20H21N3O3. The number of amides is 1. The molecule has 6 heteroatoms. The lowest BCUT2D eigenvalue weighted by molar-refractivity contribution is 0.101. The average Bonchev–Trinajstić information content (AvgIpc) is 2.98. The number of Topliss-reactive ketones (excluding diaryl/α,β-unsaturated/α-hetero) is 1. The van der Waals surface area contributed by atoms with Gasteiger partial charge in [0.25, 0.3) is 0 Å². The van der Waals surface area contributed by atoms with E-state index in [-0.39, 0.29) is 11.9 Å². The molecule has 2 aliphatic rings. The number of rotatable bonds is 4. The lowest BCUT2D eigenvalue weighted by Crippen LogP contribution is -2.62. The maximum atomic E-state index is 12.2. The summed E-state index contributed by atoms with van der Waals surface area (Å²) in [4.78, 5) is 32.1. The standard InChI is InChI=1S/C20H21N3O3/c1-15(24)17-7-8-18(21-12-17)22-9-10-23-19(25)26-14-20(23,13-22)11-16-5-3-2-4-6-16/h2-8,12H,9-11,13-14H2,1H3. The first kappa shape index (κ1) is 16.6. The van der Waals surface area contributed by atoms with E-state index in [9.17, 15) is 9.59 Å². The molecule has 2 fully saturated rings. The third-order valence-electron chi connectivity index (χ3n) is 5.19. The summed E-state index contributed by atoms with van der Waals surface area (Å²) >= 11 is 0. The molecule has 1 amide bonds. The first-order chi connectivity index (χ1) is 12.6. The van der Waals surface area contributed by atoms with Crippen LogP contribution in [0.25, 0.3) is 0 Å². The normalized spacial score (nSPS) is 22.1. The van der Waals surface area contributed by atoms with E-state index in [1.165, 1.54) is 12.5 Å². The number of benzene rings is 1. The summed E-state index contributed by atoms with van der Waals surface area (Å²) in [5.41, 5.74) is 1.39. The predicted molar refractivity (Wildman–Crippen MR) is 97.4 cm³/mol. The summed E-state index contributed by atoms with van der Waals surface area (Å²) < 4.78 is 5.41. The first-order valence-electron chi connectivity index (χ1n) is 8.78. The molecule has 26 heavy (non-hydrogen) atoms. The molecule has 6 nitrogen and oxygen atoms in total. The molecule has 2 saturated heterocycles. The summed E-state index contributed by atoms with van der Waals surface area (Å²) in [6.45, 7) is 3.86. The second kappa shape index (κ2) is 6.44. The Morgan fingerprint density at radius 3 is 2.69 bits per heavy atom. The van der Waals surface area contributed by atoms with E-state index in [0.717, 1.165) is 12.2 Å². The van der Waals surface area contributed by atoms with Crippen LogP contribution in [-0.2, 0) is 11.2 Å². The number of piperazine rings is 1. The van der Waals surface area contributed by atoms with Crippen molar-refractivity contribution in [3.8, 4) is 0 Å². The molecule has 4 rings (SSSR count). The van der Waals surface area contributed by atoms with Crippen molar-refractivity contribution in [3.05, 3.63) is 59.8 Å². The number of hydrogen-bond donors (Lipinski definition) is 0. The van der Waals surface area contributed by atoms with Crippen LogP contribution in [0.5, 0.6) is 0 Å². The molecule has 3 heterocycles. The van der Waals surface area contributed by atoms with Crippen LogP contribution in [0.15, 0.2) is 48.7 Å². The van der Waals surface area contributed by atoms with E-state index < -0.39 is 5.54 Å². The van der Waals surface area contributed by atoms with E-state index in [1.54, 1.807) is 12.3 Å². The molecule has 134 valence electrons. The van der Waals surface area contributed by atoms with Crippen molar-refractivity contribution in [1.29, 1.82) is 0 Å². The second-order valence-electron chi connectivity index (χ2n) is 6.98. The number of carbonyl (C=O) groups is 2. The van der Waals surface area contributed by atoms with Gasteiger partial charge in [-0.15, -0.1) is 0 Å². The Morgan fingerprint density at radius 1 is 1.19 bits per heavy atom. The maximum Gasteiger partial charge on any atom is 0.410 e. The Balaban J connectivity index is 1.60. The molecule has 0 spiro atoms. The molecular weight excluding hydrogens is 330 g/mol. The third-order valence-corrected chi connectivity index (χ3v) is 5.19. The molecule has 2 aliphatic heterocycles. The second-order valence-corrected chi connectivity index (χ2v) is 6.98. The van der Waals surface area contributed by atoms with E-state index in [4.69, 9.17) is 4.74 Å². The van der Waals surface area contributed by atoms with Crippen molar-refractivity contribution in [2.45, 2.75) is 18.9 Å². The van der Waals surface area contributed by atoms with Gasteiger partial charge in [0.2, 0.25) is 0 Å². The highest BCUT2D eigenvalue weighted by molar-refractivity contribution is 5.93. The summed E-state index contributed by atoms with van der Waals surface area (Å²) in [5.74, 6) is 0.825. The zero-order chi connectivity index (χ0) is 18.1.